The van der Waals surface area contributed by atoms with Crippen molar-refractivity contribution in [3.63, 3.8) is 0 Å². The van der Waals surface area contributed by atoms with E-state index in [1.54, 1.807) is 0 Å². The Hall–Kier alpha value is -3.15. The first kappa shape index (κ1) is 19.6. The molecule has 0 bridgehead atoms. The van der Waals surface area contributed by atoms with Crippen molar-refractivity contribution in [3.05, 3.63) is 69.3 Å². The largest absolute Gasteiger partial charge is 0.365 e. The third kappa shape index (κ3) is 3.50. The maximum Gasteiger partial charge on any atom is 0.293 e. The minimum atomic E-state index is -3.51. The predicted molar refractivity (Wildman–Crippen MR) is 93.0 cm³/mol. The monoisotopic (exact) mass is 393 g/mol. The fraction of sp³-hybridized carbons (Fsp3) is 0.316. The lowest BCUT2D eigenvalue weighted by molar-refractivity contribution is -0.384. The Morgan fingerprint density at radius 2 is 1.86 bits per heavy atom. The minimum Gasteiger partial charge on any atom is -0.365 e. The van der Waals surface area contributed by atoms with Gasteiger partial charge < -0.3 is 4.90 Å². The Bertz CT molecular complexity index is 951. The van der Waals surface area contributed by atoms with E-state index >= 15 is 0 Å². The normalized spacial score (nSPS) is 15.3. The fourth-order valence-corrected chi connectivity index (χ4v) is 3.55. The van der Waals surface area contributed by atoms with Crippen LogP contribution in [0.5, 0.6) is 0 Å². The van der Waals surface area contributed by atoms with Crippen LogP contribution in [0.15, 0.2) is 36.4 Å². The highest BCUT2D eigenvalue weighted by molar-refractivity contribution is 5.71. The Kier molecular flexibility index (Phi) is 5.23. The van der Waals surface area contributed by atoms with Crippen LogP contribution < -0.4 is 4.90 Å². The van der Waals surface area contributed by atoms with Crippen molar-refractivity contribution in [2.75, 3.05) is 18.0 Å². The van der Waals surface area contributed by atoms with Crippen LogP contribution in [-0.2, 0) is 5.92 Å². The second-order valence-corrected chi connectivity index (χ2v) is 6.55. The number of hydrogen-bond acceptors (Lipinski definition) is 4. The third-order valence-electron chi connectivity index (χ3n) is 4.95. The molecule has 1 fully saturated rings. The maximum atomic E-state index is 14.8. The number of nitro benzene ring substituents is 1. The number of para-hydroxylation sites is 1. The number of nitriles is 1. The molecule has 146 valence electrons. The molecule has 5 nitrogen and oxygen atoms in total. The van der Waals surface area contributed by atoms with Crippen molar-refractivity contribution in [2.45, 2.75) is 18.8 Å². The van der Waals surface area contributed by atoms with Crippen molar-refractivity contribution in [1.29, 1.82) is 5.26 Å². The van der Waals surface area contributed by atoms with Gasteiger partial charge >= 0.3 is 0 Å². The molecule has 2 aromatic rings. The molecule has 1 saturated heterocycles. The number of rotatable bonds is 4. The summed E-state index contributed by atoms with van der Waals surface area (Å²) in [7, 11) is 0. The van der Waals surface area contributed by atoms with Gasteiger partial charge in [0.25, 0.3) is 11.6 Å². The van der Waals surface area contributed by atoms with E-state index in [1.165, 1.54) is 23.1 Å². The number of nitrogens with zero attached hydrogens (tertiary/aromatic N) is 3. The van der Waals surface area contributed by atoms with E-state index in [9.17, 15) is 32.9 Å². The van der Waals surface area contributed by atoms with Gasteiger partial charge in [-0.15, -0.1) is 0 Å². The number of alkyl halides is 2. The van der Waals surface area contributed by atoms with E-state index in [0.717, 1.165) is 12.1 Å². The van der Waals surface area contributed by atoms with Crippen molar-refractivity contribution in [2.24, 2.45) is 5.92 Å². The molecule has 0 unspecified atom stereocenters. The molecule has 0 aromatic heterocycles. The molecule has 9 heteroatoms. The van der Waals surface area contributed by atoms with Gasteiger partial charge in [0.2, 0.25) is 0 Å². The topological polar surface area (TPSA) is 70.2 Å². The summed E-state index contributed by atoms with van der Waals surface area (Å²) in [5.74, 6) is -6.97. The summed E-state index contributed by atoms with van der Waals surface area (Å²) in [5, 5.41) is 20.5. The Morgan fingerprint density at radius 3 is 2.43 bits per heavy atom. The maximum absolute atomic E-state index is 14.8. The molecule has 0 N–H and O–H groups in total. The van der Waals surface area contributed by atoms with Crippen molar-refractivity contribution >= 4 is 11.4 Å². The first-order chi connectivity index (χ1) is 13.3. The van der Waals surface area contributed by atoms with Gasteiger partial charge in [-0.05, 0) is 31.0 Å². The molecule has 0 atom stereocenters. The van der Waals surface area contributed by atoms with Crippen LogP contribution in [0.2, 0.25) is 0 Å². The third-order valence-corrected chi connectivity index (χ3v) is 4.95. The molecule has 1 aliphatic heterocycles. The highest BCUT2D eigenvalue weighted by Gasteiger charge is 2.45. The summed E-state index contributed by atoms with van der Waals surface area (Å²) in [5.41, 5.74) is -0.946. The number of nitro groups is 1. The lowest BCUT2D eigenvalue weighted by Gasteiger charge is -2.37. The summed E-state index contributed by atoms with van der Waals surface area (Å²) in [6.07, 6.45) is -0.137. The predicted octanol–water partition coefficient (Wildman–Crippen LogP) is 4.75. The summed E-state index contributed by atoms with van der Waals surface area (Å²) in [6.45, 7) is 0.0885. The molecular formula is C19H15F4N3O2. The van der Waals surface area contributed by atoms with Gasteiger partial charge in [-0.3, -0.25) is 10.1 Å². The molecule has 2 aromatic carbocycles. The van der Waals surface area contributed by atoms with Crippen LogP contribution in [0, 0.1) is 39.0 Å². The number of hydrogen-bond donors (Lipinski definition) is 0. The van der Waals surface area contributed by atoms with Crippen LogP contribution in [0.25, 0.3) is 0 Å². The first-order valence-corrected chi connectivity index (χ1v) is 8.51. The van der Waals surface area contributed by atoms with Crippen LogP contribution >= 0.6 is 0 Å². The molecule has 0 spiro atoms. The molecule has 1 heterocycles. The van der Waals surface area contributed by atoms with E-state index in [1.807, 2.05) is 6.07 Å². The lowest BCUT2D eigenvalue weighted by atomic mass is 9.86. The lowest BCUT2D eigenvalue weighted by Crippen LogP contribution is -2.40. The molecule has 0 amide bonds. The molecule has 28 heavy (non-hydrogen) atoms. The van der Waals surface area contributed by atoms with E-state index in [2.05, 4.69) is 0 Å². The Labute approximate surface area is 158 Å². The highest BCUT2D eigenvalue weighted by Crippen LogP contribution is 2.44. The van der Waals surface area contributed by atoms with E-state index in [0.29, 0.717) is 6.07 Å². The van der Waals surface area contributed by atoms with E-state index in [4.69, 9.17) is 0 Å². The van der Waals surface area contributed by atoms with Crippen molar-refractivity contribution < 1.29 is 22.5 Å². The average Bonchev–Trinajstić information content (AvgIpc) is 2.67. The fourth-order valence-electron chi connectivity index (χ4n) is 3.55. The quantitative estimate of drug-likeness (QED) is 0.427. The van der Waals surface area contributed by atoms with Crippen molar-refractivity contribution in [3.8, 4) is 6.07 Å². The Balaban J connectivity index is 1.84. The van der Waals surface area contributed by atoms with Crippen LogP contribution in [0.4, 0.5) is 28.9 Å². The average molecular weight is 393 g/mol. The zero-order valence-electron chi connectivity index (χ0n) is 14.5. The van der Waals surface area contributed by atoms with Gasteiger partial charge in [0.15, 0.2) is 0 Å². The smallest absolute Gasteiger partial charge is 0.293 e. The van der Waals surface area contributed by atoms with Gasteiger partial charge in [-0.1, -0.05) is 6.07 Å². The molecule has 0 radical (unpaired) electrons. The standard InChI is InChI=1S/C19H15F4N3O2/c20-14-4-5-15(16(21)10-14)19(22,23)13-6-8-25(9-7-13)18-12(11-24)2-1-3-17(18)26(27)28/h1-5,10,13H,6-9H2. The summed E-state index contributed by atoms with van der Waals surface area (Å²) in [4.78, 5) is 12.2. The van der Waals surface area contributed by atoms with E-state index in [-0.39, 0.29) is 42.9 Å². The molecule has 1 aliphatic rings. The van der Waals surface area contributed by atoms with Gasteiger partial charge in [0, 0.05) is 31.1 Å². The SMILES string of the molecule is N#Cc1cccc([N+](=O)[O-])c1N1CCC(C(F)(F)c2ccc(F)cc2F)CC1. The highest BCUT2D eigenvalue weighted by atomic mass is 19.3. The number of piperidine rings is 1. The van der Waals surface area contributed by atoms with Gasteiger partial charge in [-0.25, -0.2) is 17.6 Å². The van der Waals surface area contributed by atoms with Crippen molar-refractivity contribution in [1.82, 2.24) is 0 Å². The minimum absolute atomic E-state index is 0.0442. The number of anilines is 1. The van der Waals surface area contributed by atoms with Crippen LogP contribution in [-0.4, -0.2) is 18.0 Å². The first-order valence-electron chi connectivity index (χ1n) is 8.51. The van der Waals surface area contributed by atoms with Gasteiger partial charge in [0.1, 0.15) is 23.4 Å². The molecular weight excluding hydrogens is 378 g/mol. The van der Waals surface area contributed by atoms with Crippen LogP contribution in [0.1, 0.15) is 24.0 Å². The summed E-state index contributed by atoms with van der Waals surface area (Å²) in [6, 6.07) is 7.91. The van der Waals surface area contributed by atoms with Crippen LogP contribution in [0.3, 0.4) is 0 Å². The summed E-state index contributed by atoms with van der Waals surface area (Å²) < 4.78 is 56.4. The molecule has 0 saturated carbocycles. The number of halogens is 4. The molecule has 0 aliphatic carbocycles. The van der Waals surface area contributed by atoms with Gasteiger partial charge in [0.05, 0.1) is 16.1 Å². The second-order valence-electron chi connectivity index (χ2n) is 6.55. The zero-order chi connectivity index (χ0) is 20.5. The second kappa shape index (κ2) is 7.46. The Morgan fingerprint density at radius 1 is 1.18 bits per heavy atom. The van der Waals surface area contributed by atoms with Gasteiger partial charge in [-0.2, -0.15) is 5.26 Å². The van der Waals surface area contributed by atoms with E-state index < -0.39 is 34.0 Å². The summed E-state index contributed by atoms with van der Waals surface area (Å²) >= 11 is 0. The number of benzene rings is 2. The zero-order valence-corrected chi connectivity index (χ0v) is 14.5. The molecule has 3 rings (SSSR count).